The molecular formula is C30H63NO. The molecule has 0 amide bonds. The van der Waals surface area contributed by atoms with Crippen LogP contribution in [0, 0.1) is 0 Å². The molecule has 2 nitrogen and oxygen atoms in total. The predicted molar refractivity (Wildman–Crippen MR) is 146 cm³/mol. The van der Waals surface area contributed by atoms with Crippen molar-refractivity contribution >= 4 is 0 Å². The summed E-state index contributed by atoms with van der Waals surface area (Å²) in [6.45, 7) is 6.39. The van der Waals surface area contributed by atoms with Crippen molar-refractivity contribution < 1.29 is 5.11 Å². The van der Waals surface area contributed by atoms with E-state index in [1.54, 1.807) is 0 Å². The zero-order valence-corrected chi connectivity index (χ0v) is 22.6. The maximum atomic E-state index is 9.95. The Morgan fingerprint density at radius 2 is 0.750 bits per heavy atom. The second kappa shape index (κ2) is 29.0. The molecule has 1 atom stereocenters. The minimum Gasteiger partial charge on any atom is -0.392 e. The molecule has 0 saturated heterocycles. The van der Waals surface area contributed by atoms with E-state index in [0.717, 1.165) is 19.5 Å². The Hall–Kier alpha value is -0.0800. The van der Waals surface area contributed by atoms with Crippen LogP contribution >= 0.6 is 0 Å². The third kappa shape index (κ3) is 28.0. The average Bonchev–Trinajstić information content (AvgIpc) is 2.80. The second-order valence-corrected chi connectivity index (χ2v) is 10.4. The smallest absolute Gasteiger partial charge is 0.0664 e. The molecule has 32 heavy (non-hydrogen) atoms. The first-order chi connectivity index (χ1) is 15.8. The topological polar surface area (TPSA) is 32.3 Å². The van der Waals surface area contributed by atoms with Gasteiger partial charge in [-0.05, 0) is 19.4 Å². The van der Waals surface area contributed by atoms with Crippen LogP contribution in [0.3, 0.4) is 0 Å². The van der Waals surface area contributed by atoms with Crippen molar-refractivity contribution in [1.82, 2.24) is 5.32 Å². The molecule has 0 spiro atoms. The van der Waals surface area contributed by atoms with Crippen LogP contribution < -0.4 is 5.32 Å². The van der Waals surface area contributed by atoms with Gasteiger partial charge in [-0.25, -0.2) is 0 Å². The summed E-state index contributed by atoms with van der Waals surface area (Å²) >= 11 is 0. The van der Waals surface area contributed by atoms with E-state index in [-0.39, 0.29) is 6.10 Å². The number of unbranched alkanes of at least 4 members (excludes halogenated alkanes) is 22. The fraction of sp³-hybridized carbons (Fsp3) is 1.00. The highest BCUT2D eigenvalue weighted by molar-refractivity contribution is 4.60. The molecule has 0 aromatic heterocycles. The first-order valence-electron chi connectivity index (χ1n) is 15.2. The molecular weight excluding hydrogens is 390 g/mol. The number of nitrogens with one attached hydrogen (secondary N) is 1. The number of aliphatic hydroxyl groups excluding tert-OH is 1. The summed E-state index contributed by atoms with van der Waals surface area (Å²) < 4.78 is 0. The molecule has 194 valence electrons. The first kappa shape index (κ1) is 31.9. The Balaban J connectivity index is 3.06. The molecule has 2 N–H and O–H groups in total. The molecule has 0 aromatic rings. The molecule has 0 bridgehead atoms. The minimum absolute atomic E-state index is 0.142. The van der Waals surface area contributed by atoms with Crippen LogP contribution in [-0.2, 0) is 0 Å². The normalized spacial score (nSPS) is 12.5. The van der Waals surface area contributed by atoms with Crippen LogP contribution in [0.4, 0.5) is 0 Å². The lowest BCUT2D eigenvalue weighted by Crippen LogP contribution is -2.27. The van der Waals surface area contributed by atoms with Gasteiger partial charge in [-0.3, -0.25) is 0 Å². The summed E-state index contributed by atoms with van der Waals surface area (Å²) in [6.07, 6.45) is 34.6. The monoisotopic (exact) mass is 453 g/mol. The summed E-state index contributed by atoms with van der Waals surface area (Å²) in [5, 5.41) is 13.4. The fourth-order valence-electron chi connectivity index (χ4n) is 4.68. The molecule has 0 rings (SSSR count). The number of hydrogen-bond acceptors (Lipinski definition) is 2. The summed E-state index contributed by atoms with van der Waals surface area (Å²) in [5.74, 6) is 0. The van der Waals surface area contributed by atoms with Crippen LogP contribution in [0.5, 0.6) is 0 Å². The highest BCUT2D eigenvalue weighted by Crippen LogP contribution is 2.14. The summed E-state index contributed by atoms with van der Waals surface area (Å²) in [6, 6.07) is 0. The van der Waals surface area contributed by atoms with Crippen molar-refractivity contribution in [2.24, 2.45) is 0 Å². The highest BCUT2D eigenvalue weighted by atomic mass is 16.3. The van der Waals surface area contributed by atoms with Crippen LogP contribution in [-0.4, -0.2) is 24.3 Å². The van der Waals surface area contributed by atoms with E-state index >= 15 is 0 Å². The maximum Gasteiger partial charge on any atom is 0.0664 e. The van der Waals surface area contributed by atoms with Crippen molar-refractivity contribution in [3.8, 4) is 0 Å². The van der Waals surface area contributed by atoms with Crippen molar-refractivity contribution in [2.45, 2.75) is 180 Å². The molecule has 0 fully saturated rings. The van der Waals surface area contributed by atoms with E-state index in [2.05, 4.69) is 19.2 Å². The van der Waals surface area contributed by atoms with E-state index in [4.69, 9.17) is 0 Å². The molecule has 0 heterocycles. The van der Waals surface area contributed by atoms with Gasteiger partial charge in [0.05, 0.1) is 6.10 Å². The van der Waals surface area contributed by atoms with E-state index < -0.39 is 0 Å². The zero-order chi connectivity index (χ0) is 23.4. The molecule has 0 aliphatic heterocycles. The van der Waals surface area contributed by atoms with Gasteiger partial charge in [0, 0.05) is 6.54 Å². The summed E-state index contributed by atoms with van der Waals surface area (Å²) in [7, 11) is 0. The molecule has 0 radical (unpaired) electrons. The standard InChI is InChI=1S/C30H63NO/c1-3-5-7-9-10-11-12-13-14-15-16-17-18-19-20-21-22-23-24-26-28-31-29-30(32)27-25-8-6-4-2/h30-32H,3-29H2,1-2H3. The molecule has 0 aliphatic carbocycles. The highest BCUT2D eigenvalue weighted by Gasteiger charge is 2.02. The lowest BCUT2D eigenvalue weighted by atomic mass is 10.0. The Labute approximate surface area is 204 Å². The summed E-state index contributed by atoms with van der Waals surface area (Å²) in [5.41, 5.74) is 0. The Kier molecular flexibility index (Phi) is 28.9. The number of rotatable bonds is 28. The van der Waals surface area contributed by atoms with Gasteiger partial charge in [0.25, 0.3) is 0 Å². The van der Waals surface area contributed by atoms with Crippen LogP contribution in [0.15, 0.2) is 0 Å². The second-order valence-electron chi connectivity index (χ2n) is 10.4. The van der Waals surface area contributed by atoms with E-state index in [9.17, 15) is 5.11 Å². The van der Waals surface area contributed by atoms with Crippen molar-refractivity contribution in [1.29, 1.82) is 0 Å². The molecule has 2 heteroatoms. The van der Waals surface area contributed by atoms with Gasteiger partial charge >= 0.3 is 0 Å². The van der Waals surface area contributed by atoms with E-state index in [0.29, 0.717) is 0 Å². The van der Waals surface area contributed by atoms with Crippen LogP contribution in [0.2, 0.25) is 0 Å². The zero-order valence-electron chi connectivity index (χ0n) is 22.6. The lowest BCUT2D eigenvalue weighted by molar-refractivity contribution is 0.158. The van der Waals surface area contributed by atoms with Crippen molar-refractivity contribution in [2.75, 3.05) is 13.1 Å². The third-order valence-corrected chi connectivity index (χ3v) is 6.98. The molecule has 0 saturated carbocycles. The third-order valence-electron chi connectivity index (χ3n) is 6.98. The first-order valence-corrected chi connectivity index (χ1v) is 15.2. The number of hydrogen-bond donors (Lipinski definition) is 2. The minimum atomic E-state index is -0.142. The number of aliphatic hydroxyl groups is 1. The van der Waals surface area contributed by atoms with Gasteiger partial charge in [0.1, 0.15) is 0 Å². The summed E-state index contributed by atoms with van der Waals surface area (Å²) in [4.78, 5) is 0. The molecule has 1 unspecified atom stereocenters. The van der Waals surface area contributed by atoms with Gasteiger partial charge in [-0.2, -0.15) is 0 Å². The average molecular weight is 454 g/mol. The SMILES string of the molecule is CCCCCCCCCCCCCCCCCCCCCCNCC(O)CCCCCC. The predicted octanol–water partition coefficient (Wildman–Crippen LogP) is 9.73. The Morgan fingerprint density at radius 1 is 0.438 bits per heavy atom. The maximum absolute atomic E-state index is 9.95. The van der Waals surface area contributed by atoms with Gasteiger partial charge in [-0.1, -0.05) is 162 Å². The largest absolute Gasteiger partial charge is 0.392 e. The van der Waals surface area contributed by atoms with Crippen LogP contribution in [0.25, 0.3) is 0 Å². The van der Waals surface area contributed by atoms with Gasteiger partial charge in [0.2, 0.25) is 0 Å². The van der Waals surface area contributed by atoms with Gasteiger partial charge in [0.15, 0.2) is 0 Å². The van der Waals surface area contributed by atoms with Crippen molar-refractivity contribution in [3.63, 3.8) is 0 Å². The fourth-order valence-corrected chi connectivity index (χ4v) is 4.68. The Morgan fingerprint density at radius 3 is 1.12 bits per heavy atom. The van der Waals surface area contributed by atoms with E-state index in [1.807, 2.05) is 0 Å². The molecule has 0 aromatic carbocycles. The van der Waals surface area contributed by atoms with E-state index in [1.165, 1.54) is 154 Å². The van der Waals surface area contributed by atoms with Crippen LogP contribution in [0.1, 0.15) is 174 Å². The lowest BCUT2D eigenvalue weighted by Gasteiger charge is -2.11. The quantitative estimate of drug-likeness (QED) is 0.115. The van der Waals surface area contributed by atoms with Crippen molar-refractivity contribution in [3.05, 3.63) is 0 Å². The van der Waals surface area contributed by atoms with Gasteiger partial charge in [-0.15, -0.1) is 0 Å². The van der Waals surface area contributed by atoms with Gasteiger partial charge < -0.3 is 10.4 Å². The Bertz CT molecular complexity index is 320. The molecule has 0 aliphatic rings.